The van der Waals surface area contributed by atoms with Gasteiger partial charge in [0.1, 0.15) is 0 Å². The van der Waals surface area contributed by atoms with Crippen LogP contribution in [0.4, 0.5) is 0 Å². The number of aryl methyl sites for hydroxylation is 1. The Labute approximate surface area is 93.4 Å². The number of hydrogen-bond donors (Lipinski definition) is 0. The smallest absolute Gasteiger partial charge is 0.0679 e. The van der Waals surface area contributed by atoms with Gasteiger partial charge in [-0.1, -0.05) is 6.07 Å². The zero-order chi connectivity index (χ0) is 11.0. The van der Waals surface area contributed by atoms with Gasteiger partial charge in [0.25, 0.3) is 0 Å². The third-order valence-corrected chi connectivity index (χ3v) is 2.76. The van der Waals surface area contributed by atoms with Crippen LogP contribution in [-0.2, 0) is 7.05 Å². The topological polar surface area (TPSA) is 30.7 Å². The minimum atomic E-state index is 1.15. The van der Waals surface area contributed by atoms with Gasteiger partial charge < -0.3 is 0 Å². The molecule has 0 aliphatic rings. The van der Waals surface area contributed by atoms with Crippen molar-refractivity contribution in [2.45, 2.75) is 0 Å². The van der Waals surface area contributed by atoms with Gasteiger partial charge in [0, 0.05) is 24.8 Å². The Hall–Kier alpha value is -2.16. The molecule has 0 bridgehead atoms. The molecule has 0 amide bonds. The highest BCUT2D eigenvalue weighted by Crippen LogP contribution is 2.23. The van der Waals surface area contributed by atoms with Crippen molar-refractivity contribution in [2.75, 3.05) is 0 Å². The van der Waals surface area contributed by atoms with Gasteiger partial charge in [-0.25, -0.2) is 0 Å². The Kier molecular flexibility index (Phi) is 1.96. The molecule has 1 aromatic carbocycles. The van der Waals surface area contributed by atoms with Gasteiger partial charge in [0.2, 0.25) is 0 Å². The van der Waals surface area contributed by atoms with Gasteiger partial charge in [-0.3, -0.25) is 9.67 Å². The number of rotatable bonds is 1. The largest absolute Gasteiger partial charge is 0.268 e. The SMILES string of the molecule is Cn1ncc2cc(-c3ccncc3)ccc21. The molecule has 3 rings (SSSR count). The van der Waals surface area contributed by atoms with E-state index in [1.165, 1.54) is 11.1 Å². The van der Waals surface area contributed by atoms with Gasteiger partial charge in [0.15, 0.2) is 0 Å². The van der Waals surface area contributed by atoms with Gasteiger partial charge in [-0.2, -0.15) is 5.10 Å². The molecule has 0 fully saturated rings. The van der Waals surface area contributed by atoms with Crippen LogP contribution >= 0.6 is 0 Å². The molecule has 16 heavy (non-hydrogen) atoms. The molecule has 2 aromatic heterocycles. The predicted molar refractivity (Wildman–Crippen MR) is 63.9 cm³/mol. The molecule has 0 aliphatic carbocycles. The Morgan fingerprint density at radius 3 is 2.62 bits per heavy atom. The third-order valence-electron chi connectivity index (χ3n) is 2.76. The number of benzene rings is 1. The van der Waals surface area contributed by atoms with E-state index in [1.54, 1.807) is 0 Å². The molecule has 0 atom stereocenters. The van der Waals surface area contributed by atoms with Crippen LogP contribution in [-0.4, -0.2) is 14.8 Å². The summed E-state index contributed by atoms with van der Waals surface area (Å²) in [5, 5.41) is 5.40. The predicted octanol–water partition coefficient (Wildman–Crippen LogP) is 2.64. The molecule has 0 radical (unpaired) electrons. The molecule has 0 unspecified atom stereocenters. The Balaban J connectivity index is 2.19. The molecule has 0 saturated heterocycles. The molecule has 78 valence electrons. The lowest BCUT2D eigenvalue weighted by Gasteiger charge is -2.01. The lowest BCUT2D eigenvalue weighted by Crippen LogP contribution is -1.88. The van der Waals surface area contributed by atoms with Crippen LogP contribution in [0, 0.1) is 0 Å². The standard InChI is InChI=1S/C13H11N3/c1-16-13-3-2-11(8-12(13)9-15-16)10-4-6-14-7-5-10/h2-9H,1H3. The first-order valence-electron chi connectivity index (χ1n) is 5.17. The van der Waals surface area contributed by atoms with Crippen LogP contribution in [0.1, 0.15) is 0 Å². The number of hydrogen-bond acceptors (Lipinski definition) is 2. The summed E-state index contributed by atoms with van der Waals surface area (Å²) < 4.78 is 1.88. The molecule has 3 heteroatoms. The Morgan fingerprint density at radius 1 is 1.00 bits per heavy atom. The summed E-state index contributed by atoms with van der Waals surface area (Å²) >= 11 is 0. The number of fused-ring (bicyclic) bond motifs is 1. The fourth-order valence-electron chi connectivity index (χ4n) is 1.89. The first-order valence-corrected chi connectivity index (χ1v) is 5.17. The summed E-state index contributed by atoms with van der Waals surface area (Å²) in [5.74, 6) is 0. The molecular formula is C13H11N3. The van der Waals surface area contributed by atoms with E-state index in [0.29, 0.717) is 0 Å². The molecule has 0 spiro atoms. The minimum Gasteiger partial charge on any atom is -0.268 e. The number of nitrogens with zero attached hydrogens (tertiary/aromatic N) is 3. The second kappa shape index (κ2) is 3.45. The lowest BCUT2D eigenvalue weighted by atomic mass is 10.1. The van der Waals surface area contributed by atoms with Crippen LogP contribution in [0.2, 0.25) is 0 Å². The zero-order valence-corrected chi connectivity index (χ0v) is 8.96. The molecule has 0 saturated carbocycles. The minimum absolute atomic E-state index is 1.15. The molecule has 3 aromatic rings. The maximum atomic E-state index is 4.23. The van der Waals surface area contributed by atoms with Crippen molar-refractivity contribution >= 4 is 10.9 Å². The molecule has 0 N–H and O–H groups in total. The highest BCUT2D eigenvalue weighted by molar-refractivity contribution is 5.84. The van der Waals surface area contributed by atoms with Crippen molar-refractivity contribution in [3.05, 3.63) is 48.9 Å². The lowest BCUT2D eigenvalue weighted by molar-refractivity contribution is 0.797. The fraction of sp³-hybridized carbons (Fsp3) is 0.0769. The first-order chi connectivity index (χ1) is 7.84. The van der Waals surface area contributed by atoms with Crippen molar-refractivity contribution < 1.29 is 0 Å². The highest BCUT2D eigenvalue weighted by atomic mass is 15.2. The van der Waals surface area contributed by atoms with E-state index >= 15 is 0 Å². The van der Waals surface area contributed by atoms with E-state index in [0.717, 1.165) is 10.9 Å². The van der Waals surface area contributed by atoms with Gasteiger partial charge in [-0.15, -0.1) is 0 Å². The van der Waals surface area contributed by atoms with E-state index in [9.17, 15) is 0 Å². The second-order valence-electron chi connectivity index (χ2n) is 3.78. The summed E-state index contributed by atoms with van der Waals surface area (Å²) in [6, 6.07) is 10.4. The van der Waals surface area contributed by atoms with Crippen LogP contribution in [0.3, 0.4) is 0 Å². The Bertz CT molecular complexity index is 626. The highest BCUT2D eigenvalue weighted by Gasteiger charge is 2.02. The van der Waals surface area contributed by atoms with Gasteiger partial charge >= 0.3 is 0 Å². The second-order valence-corrected chi connectivity index (χ2v) is 3.78. The van der Waals surface area contributed by atoms with Crippen molar-refractivity contribution in [1.29, 1.82) is 0 Å². The monoisotopic (exact) mass is 209 g/mol. The Morgan fingerprint density at radius 2 is 1.81 bits per heavy atom. The summed E-state index contributed by atoms with van der Waals surface area (Å²) in [5.41, 5.74) is 3.53. The van der Waals surface area contributed by atoms with Gasteiger partial charge in [0.05, 0.1) is 11.7 Å². The molecule has 0 aliphatic heterocycles. The van der Waals surface area contributed by atoms with Crippen LogP contribution in [0.25, 0.3) is 22.0 Å². The van der Waals surface area contributed by atoms with Crippen molar-refractivity contribution in [1.82, 2.24) is 14.8 Å². The third kappa shape index (κ3) is 1.37. The van der Waals surface area contributed by atoms with Gasteiger partial charge in [-0.05, 0) is 35.4 Å². The molecule has 3 nitrogen and oxygen atoms in total. The van der Waals surface area contributed by atoms with E-state index in [-0.39, 0.29) is 0 Å². The summed E-state index contributed by atoms with van der Waals surface area (Å²) in [6.07, 6.45) is 5.51. The fourth-order valence-corrected chi connectivity index (χ4v) is 1.89. The average Bonchev–Trinajstić information content (AvgIpc) is 2.72. The summed E-state index contributed by atoms with van der Waals surface area (Å²) in [7, 11) is 1.95. The summed E-state index contributed by atoms with van der Waals surface area (Å²) in [4.78, 5) is 4.02. The van der Waals surface area contributed by atoms with Crippen LogP contribution in [0.5, 0.6) is 0 Å². The van der Waals surface area contributed by atoms with Crippen molar-refractivity contribution in [3.63, 3.8) is 0 Å². The first kappa shape index (κ1) is 9.09. The summed E-state index contributed by atoms with van der Waals surface area (Å²) in [6.45, 7) is 0. The average molecular weight is 209 g/mol. The number of pyridine rings is 1. The molecular weight excluding hydrogens is 198 g/mol. The van der Waals surface area contributed by atoms with E-state index < -0.39 is 0 Å². The number of aromatic nitrogens is 3. The zero-order valence-electron chi connectivity index (χ0n) is 8.96. The normalized spacial score (nSPS) is 10.8. The van der Waals surface area contributed by atoms with E-state index in [1.807, 2.05) is 42.5 Å². The van der Waals surface area contributed by atoms with Crippen LogP contribution in [0.15, 0.2) is 48.9 Å². The van der Waals surface area contributed by atoms with E-state index in [2.05, 4.69) is 28.3 Å². The van der Waals surface area contributed by atoms with Crippen molar-refractivity contribution in [2.24, 2.45) is 7.05 Å². The maximum absolute atomic E-state index is 4.23. The van der Waals surface area contributed by atoms with Crippen LogP contribution < -0.4 is 0 Å². The van der Waals surface area contributed by atoms with Crippen molar-refractivity contribution in [3.8, 4) is 11.1 Å². The quantitative estimate of drug-likeness (QED) is 0.616. The maximum Gasteiger partial charge on any atom is 0.0679 e. The molecule has 2 heterocycles. The van der Waals surface area contributed by atoms with E-state index in [4.69, 9.17) is 0 Å².